The lowest BCUT2D eigenvalue weighted by atomic mass is 10.1. The minimum atomic E-state index is -3.54. The highest BCUT2D eigenvalue weighted by Crippen LogP contribution is 2.26. The summed E-state index contributed by atoms with van der Waals surface area (Å²) in [7, 11) is -3.54. The smallest absolute Gasteiger partial charge is 0.252 e. The van der Waals surface area contributed by atoms with Crippen LogP contribution in [0.25, 0.3) is 0 Å². The number of amides is 1. The van der Waals surface area contributed by atoms with Crippen molar-refractivity contribution < 1.29 is 13.2 Å². The van der Waals surface area contributed by atoms with Gasteiger partial charge >= 0.3 is 0 Å². The van der Waals surface area contributed by atoms with Crippen LogP contribution in [0.15, 0.2) is 40.6 Å². The van der Waals surface area contributed by atoms with Crippen molar-refractivity contribution in [1.29, 1.82) is 0 Å². The van der Waals surface area contributed by atoms with E-state index in [9.17, 15) is 13.2 Å². The lowest BCUT2D eigenvalue weighted by Gasteiger charge is -2.19. The van der Waals surface area contributed by atoms with Gasteiger partial charge in [-0.25, -0.2) is 8.42 Å². The minimum absolute atomic E-state index is 0.137. The van der Waals surface area contributed by atoms with Gasteiger partial charge in [0.1, 0.15) is 4.21 Å². The Morgan fingerprint density at radius 3 is 2.62 bits per heavy atom. The third kappa shape index (κ3) is 4.66. The average molecular weight is 367 g/mol. The highest BCUT2D eigenvalue weighted by Gasteiger charge is 2.25. The van der Waals surface area contributed by atoms with Crippen LogP contribution in [0.4, 0.5) is 0 Å². The molecule has 1 amide bonds. The van der Waals surface area contributed by atoms with E-state index in [1.54, 1.807) is 12.1 Å². The van der Waals surface area contributed by atoms with E-state index in [1.165, 1.54) is 22.6 Å². The zero-order valence-electron chi connectivity index (χ0n) is 14.1. The summed E-state index contributed by atoms with van der Waals surface area (Å²) in [6.45, 7) is 6.35. The normalized spacial score (nSPS) is 11.7. The summed E-state index contributed by atoms with van der Waals surface area (Å²) in [5, 5.41) is 2.68. The van der Waals surface area contributed by atoms with Gasteiger partial charge in [-0.15, -0.1) is 11.3 Å². The van der Waals surface area contributed by atoms with E-state index in [4.69, 9.17) is 0 Å². The number of carbonyl (C=O) groups excluding carboxylic acids is 1. The van der Waals surface area contributed by atoms with Gasteiger partial charge in [0.2, 0.25) is 5.91 Å². The van der Waals surface area contributed by atoms with Crippen LogP contribution in [0.2, 0.25) is 0 Å². The van der Waals surface area contributed by atoms with Gasteiger partial charge in [-0.05, 0) is 24.6 Å². The summed E-state index contributed by atoms with van der Waals surface area (Å²) in [6.07, 6.45) is 0. The molecule has 2 rings (SSSR count). The predicted octanol–water partition coefficient (Wildman–Crippen LogP) is 2.90. The van der Waals surface area contributed by atoms with E-state index in [1.807, 2.05) is 38.1 Å². The molecule has 0 fully saturated rings. The molecule has 0 radical (unpaired) electrons. The first-order valence-electron chi connectivity index (χ1n) is 7.71. The van der Waals surface area contributed by atoms with Gasteiger partial charge in [0.05, 0.1) is 6.54 Å². The number of benzene rings is 1. The van der Waals surface area contributed by atoms with Gasteiger partial charge in [0, 0.05) is 24.9 Å². The van der Waals surface area contributed by atoms with E-state index in [0.29, 0.717) is 23.8 Å². The third-order valence-corrected chi connectivity index (χ3v) is 7.01. The van der Waals surface area contributed by atoms with E-state index < -0.39 is 10.0 Å². The number of rotatable bonds is 7. The molecule has 1 aromatic heterocycles. The first-order valence-corrected chi connectivity index (χ1v) is 9.97. The van der Waals surface area contributed by atoms with Crippen LogP contribution in [0.3, 0.4) is 0 Å². The van der Waals surface area contributed by atoms with Crippen LogP contribution in [-0.4, -0.2) is 25.2 Å². The maximum atomic E-state index is 12.9. The Morgan fingerprint density at radius 1 is 1.25 bits per heavy atom. The zero-order chi connectivity index (χ0) is 17.7. The Kier molecular flexibility index (Phi) is 6.15. The number of nitrogens with one attached hydrogen (secondary N) is 1. The van der Waals surface area contributed by atoms with Gasteiger partial charge in [-0.2, -0.15) is 4.31 Å². The molecule has 0 bridgehead atoms. The van der Waals surface area contributed by atoms with Crippen LogP contribution in [0, 0.1) is 6.92 Å². The summed E-state index contributed by atoms with van der Waals surface area (Å²) in [4.78, 5) is 11.8. The van der Waals surface area contributed by atoms with Crippen molar-refractivity contribution in [3.8, 4) is 0 Å². The summed E-state index contributed by atoms with van der Waals surface area (Å²) in [5.74, 6) is -0.137. The van der Waals surface area contributed by atoms with E-state index in [-0.39, 0.29) is 5.91 Å². The van der Waals surface area contributed by atoms with E-state index >= 15 is 0 Å². The highest BCUT2D eigenvalue weighted by molar-refractivity contribution is 7.91. The van der Waals surface area contributed by atoms with Gasteiger partial charge < -0.3 is 5.32 Å². The lowest BCUT2D eigenvalue weighted by molar-refractivity contribution is -0.119. The van der Waals surface area contributed by atoms with Crippen LogP contribution in [-0.2, 0) is 27.9 Å². The number of hydrogen-bond donors (Lipinski definition) is 1. The number of nitrogens with zero attached hydrogens (tertiary/aromatic N) is 1. The maximum absolute atomic E-state index is 12.9. The fourth-order valence-electron chi connectivity index (χ4n) is 2.31. The number of sulfonamides is 1. The van der Waals surface area contributed by atoms with Gasteiger partial charge in [-0.1, -0.05) is 36.8 Å². The second-order valence-corrected chi connectivity index (χ2v) is 8.88. The summed E-state index contributed by atoms with van der Waals surface area (Å²) in [6, 6.07) is 11.2. The molecule has 7 heteroatoms. The summed E-state index contributed by atoms with van der Waals surface area (Å²) < 4.78 is 27.5. The lowest BCUT2D eigenvalue weighted by Crippen LogP contribution is -2.29. The Labute approximate surface area is 147 Å². The third-order valence-electron chi connectivity index (χ3n) is 3.54. The van der Waals surface area contributed by atoms with Gasteiger partial charge in [0.15, 0.2) is 0 Å². The van der Waals surface area contributed by atoms with Crippen LogP contribution >= 0.6 is 11.3 Å². The van der Waals surface area contributed by atoms with Crippen molar-refractivity contribution >= 4 is 27.3 Å². The average Bonchev–Trinajstić information content (AvgIpc) is 3.00. The molecule has 130 valence electrons. The largest absolute Gasteiger partial charge is 0.351 e. The molecule has 0 aliphatic carbocycles. The zero-order valence-corrected chi connectivity index (χ0v) is 15.7. The van der Waals surface area contributed by atoms with Crippen LogP contribution < -0.4 is 5.32 Å². The molecule has 1 N–H and O–H groups in total. The number of carbonyl (C=O) groups is 1. The Hall–Kier alpha value is -1.70. The molecule has 0 aliphatic rings. The Balaban J connectivity index is 2.18. The molecule has 0 unspecified atom stereocenters. The fourth-order valence-corrected chi connectivity index (χ4v) is 5.20. The fraction of sp³-hybridized carbons (Fsp3) is 0.353. The first-order chi connectivity index (χ1) is 11.3. The van der Waals surface area contributed by atoms with E-state index in [0.717, 1.165) is 16.0 Å². The van der Waals surface area contributed by atoms with Crippen molar-refractivity contribution in [2.24, 2.45) is 0 Å². The second-order valence-electron chi connectivity index (χ2n) is 5.55. The minimum Gasteiger partial charge on any atom is -0.351 e. The molecule has 0 aliphatic heterocycles. The molecule has 5 nitrogen and oxygen atoms in total. The van der Waals surface area contributed by atoms with Crippen molar-refractivity contribution in [3.05, 3.63) is 52.4 Å². The van der Waals surface area contributed by atoms with Gasteiger partial charge in [0.25, 0.3) is 10.0 Å². The van der Waals surface area contributed by atoms with E-state index in [2.05, 4.69) is 5.32 Å². The number of hydrogen-bond acceptors (Lipinski definition) is 4. The SMILES string of the molecule is CCN(Cc1cccc(C)c1)S(=O)(=O)c1ccc(CNC(C)=O)s1. The van der Waals surface area contributed by atoms with Crippen molar-refractivity contribution in [2.75, 3.05) is 6.54 Å². The molecule has 0 saturated carbocycles. The molecule has 24 heavy (non-hydrogen) atoms. The molecule has 1 aromatic carbocycles. The number of thiophene rings is 1. The second kappa shape index (κ2) is 7.92. The summed E-state index contributed by atoms with van der Waals surface area (Å²) in [5.41, 5.74) is 2.07. The topological polar surface area (TPSA) is 66.5 Å². The maximum Gasteiger partial charge on any atom is 0.252 e. The first kappa shape index (κ1) is 18.6. The van der Waals surface area contributed by atoms with Gasteiger partial charge in [-0.3, -0.25) is 4.79 Å². The van der Waals surface area contributed by atoms with Crippen molar-refractivity contribution in [1.82, 2.24) is 9.62 Å². The predicted molar refractivity (Wildman–Crippen MR) is 96.3 cm³/mol. The molecular formula is C17H22N2O3S2. The molecule has 2 aromatic rings. The molecular weight excluding hydrogens is 344 g/mol. The van der Waals surface area contributed by atoms with Crippen LogP contribution in [0.1, 0.15) is 29.9 Å². The molecule has 1 heterocycles. The Morgan fingerprint density at radius 2 is 2.00 bits per heavy atom. The highest BCUT2D eigenvalue weighted by atomic mass is 32.2. The number of aryl methyl sites for hydroxylation is 1. The quantitative estimate of drug-likeness (QED) is 0.819. The monoisotopic (exact) mass is 366 g/mol. The molecule has 0 saturated heterocycles. The van der Waals surface area contributed by atoms with Crippen molar-refractivity contribution in [2.45, 2.75) is 38.1 Å². The Bertz CT molecular complexity index is 813. The van der Waals surface area contributed by atoms with Crippen molar-refractivity contribution in [3.63, 3.8) is 0 Å². The van der Waals surface area contributed by atoms with Crippen LogP contribution in [0.5, 0.6) is 0 Å². The standard InChI is InChI=1S/C17H22N2O3S2/c1-4-19(12-15-7-5-6-13(2)10-15)24(21,22)17-9-8-16(23-17)11-18-14(3)20/h5-10H,4,11-12H2,1-3H3,(H,18,20). The molecule has 0 atom stereocenters. The molecule has 0 spiro atoms. The summed E-state index contributed by atoms with van der Waals surface area (Å²) >= 11 is 1.19.